The van der Waals surface area contributed by atoms with Crippen LogP contribution in [-0.2, 0) is 0 Å². The van der Waals surface area contributed by atoms with Gasteiger partial charge in [-0.25, -0.2) is 0 Å². The highest BCUT2D eigenvalue weighted by molar-refractivity contribution is 6.33. The second kappa shape index (κ2) is 5.85. The van der Waals surface area contributed by atoms with E-state index in [-0.39, 0.29) is 27.7 Å². The minimum absolute atomic E-state index is 0.0599. The number of halogens is 1. The summed E-state index contributed by atoms with van der Waals surface area (Å²) in [6.07, 6.45) is 0. The summed E-state index contributed by atoms with van der Waals surface area (Å²) < 4.78 is 16.0. The fourth-order valence-electron chi connectivity index (χ4n) is 2.38. The van der Waals surface area contributed by atoms with Gasteiger partial charge >= 0.3 is 0 Å². The van der Waals surface area contributed by atoms with Crippen LogP contribution in [0.2, 0.25) is 5.02 Å². The molecule has 3 rings (SSSR count). The van der Waals surface area contributed by atoms with Crippen molar-refractivity contribution in [3.8, 4) is 28.6 Å². The Morgan fingerprint density at radius 3 is 2.57 bits per heavy atom. The first-order chi connectivity index (χ1) is 11.1. The molecule has 0 fully saturated rings. The first kappa shape index (κ1) is 15.2. The molecule has 5 nitrogen and oxygen atoms in total. The first-order valence-electron chi connectivity index (χ1n) is 6.73. The third-order valence-corrected chi connectivity index (χ3v) is 3.81. The maximum absolute atomic E-state index is 12.4. The van der Waals surface area contributed by atoms with E-state index in [1.807, 2.05) is 0 Å². The van der Waals surface area contributed by atoms with Crippen molar-refractivity contribution < 1.29 is 19.0 Å². The summed E-state index contributed by atoms with van der Waals surface area (Å²) in [5.74, 6) is 0.505. The van der Waals surface area contributed by atoms with Crippen molar-refractivity contribution in [2.24, 2.45) is 0 Å². The highest BCUT2D eigenvalue weighted by Crippen LogP contribution is 2.41. The molecule has 118 valence electrons. The number of para-hydroxylation sites is 1. The van der Waals surface area contributed by atoms with Gasteiger partial charge in [0.05, 0.1) is 19.6 Å². The van der Waals surface area contributed by atoms with Crippen LogP contribution in [0.1, 0.15) is 0 Å². The lowest BCUT2D eigenvalue weighted by Crippen LogP contribution is -2.03. The van der Waals surface area contributed by atoms with Gasteiger partial charge < -0.3 is 19.0 Å². The molecule has 1 N–H and O–H groups in total. The van der Waals surface area contributed by atoms with E-state index >= 15 is 0 Å². The Morgan fingerprint density at radius 2 is 1.87 bits per heavy atom. The standard InChI is InChI=1S/C17H13ClO5/c1-21-13-8-9(7-11(19)17(13)22-2)16-14(18)15(20)10-5-3-4-6-12(10)23-16/h3-8,19H,1-2H3. The van der Waals surface area contributed by atoms with Crippen molar-refractivity contribution in [3.05, 3.63) is 51.6 Å². The number of rotatable bonds is 3. The monoisotopic (exact) mass is 332 g/mol. The number of ether oxygens (including phenoxy) is 2. The number of methoxy groups -OCH3 is 2. The lowest BCUT2D eigenvalue weighted by molar-refractivity contribution is 0.333. The number of benzene rings is 2. The molecular formula is C17H13ClO5. The number of fused-ring (bicyclic) bond motifs is 1. The molecule has 23 heavy (non-hydrogen) atoms. The van der Waals surface area contributed by atoms with Crippen LogP contribution in [0, 0.1) is 0 Å². The molecule has 1 heterocycles. The topological polar surface area (TPSA) is 68.9 Å². The Balaban J connectivity index is 2.31. The van der Waals surface area contributed by atoms with Crippen LogP contribution in [-0.4, -0.2) is 19.3 Å². The van der Waals surface area contributed by atoms with E-state index in [1.54, 1.807) is 30.3 Å². The van der Waals surface area contributed by atoms with E-state index < -0.39 is 0 Å². The molecule has 0 aliphatic carbocycles. The van der Waals surface area contributed by atoms with Crippen molar-refractivity contribution in [1.29, 1.82) is 0 Å². The first-order valence-corrected chi connectivity index (χ1v) is 7.11. The predicted molar refractivity (Wildman–Crippen MR) is 87.7 cm³/mol. The van der Waals surface area contributed by atoms with E-state index in [1.165, 1.54) is 20.3 Å². The Kier molecular flexibility index (Phi) is 3.88. The van der Waals surface area contributed by atoms with Crippen LogP contribution in [0.25, 0.3) is 22.3 Å². The van der Waals surface area contributed by atoms with Crippen LogP contribution >= 0.6 is 11.6 Å². The second-order valence-electron chi connectivity index (χ2n) is 4.80. The summed E-state index contributed by atoms with van der Waals surface area (Å²) in [5, 5.41) is 10.4. The lowest BCUT2D eigenvalue weighted by Gasteiger charge is -2.12. The Bertz CT molecular complexity index is 946. The summed E-state index contributed by atoms with van der Waals surface area (Å²) in [6.45, 7) is 0. The minimum Gasteiger partial charge on any atom is -0.504 e. The summed E-state index contributed by atoms with van der Waals surface area (Å²) in [4.78, 5) is 12.4. The molecule has 3 aromatic rings. The summed E-state index contributed by atoms with van der Waals surface area (Å²) in [6, 6.07) is 9.80. The second-order valence-corrected chi connectivity index (χ2v) is 5.18. The SMILES string of the molecule is COc1cc(-c2oc3ccccc3c(=O)c2Cl)cc(O)c1OC. The predicted octanol–water partition coefficient (Wildman–Crippen LogP) is 3.84. The highest BCUT2D eigenvalue weighted by Gasteiger charge is 2.18. The Morgan fingerprint density at radius 1 is 1.13 bits per heavy atom. The third kappa shape index (κ3) is 2.49. The van der Waals surface area contributed by atoms with E-state index in [4.69, 9.17) is 25.5 Å². The molecule has 0 amide bonds. The normalized spacial score (nSPS) is 10.7. The fourth-order valence-corrected chi connectivity index (χ4v) is 2.63. The molecule has 0 aliphatic rings. The number of hydrogen-bond acceptors (Lipinski definition) is 5. The molecule has 0 saturated heterocycles. The van der Waals surface area contributed by atoms with E-state index in [9.17, 15) is 9.90 Å². The van der Waals surface area contributed by atoms with Crippen molar-refractivity contribution in [2.75, 3.05) is 14.2 Å². The van der Waals surface area contributed by atoms with Gasteiger partial charge in [-0.15, -0.1) is 0 Å². The van der Waals surface area contributed by atoms with Gasteiger partial charge in [0.15, 0.2) is 17.3 Å². The van der Waals surface area contributed by atoms with Crippen LogP contribution in [0.15, 0.2) is 45.6 Å². The number of phenolic OH excluding ortho intramolecular Hbond substituents is 1. The van der Waals surface area contributed by atoms with E-state index in [0.717, 1.165) is 0 Å². The van der Waals surface area contributed by atoms with Gasteiger partial charge in [0.1, 0.15) is 10.6 Å². The van der Waals surface area contributed by atoms with Crippen LogP contribution in [0.3, 0.4) is 0 Å². The van der Waals surface area contributed by atoms with Gasteiger partial charge in [0.2, 0.25) is 11.2 Å². The van der Waals surface area contributed by atoms with Crippen LogP contribution < -0.4 is 14.9 Å². The summed E-state index contributed by atoms with van der Waals surface area (Å²) in [7, 11) is 2.86. The minimum atomic E-state index is -0.335. The van der Waals surface area contributed by atoms with Gasteiger partial charge in [-0.2, -0.15) is 0 Å². The van der Waals surface area contributed by atoms with Crippen molar-refractivity contribution >= 4 is 22.6 Å². The molecule has 0 aliphatic heterocycles. The molecule has 6 heteroatoms. The van der Waals surface area contributed by atoms with E-state index in [0.29, 0.717) is 22.3 Å². The van der Waals surface area contributed by atoms with Crippen LogP contribution in [0.5, 0.6) is 17.2 Å². The van der Waals surface area contributed by atoms with Crippen molar-refractivity contribution in [3.63, 3.8) is 0 Å². The number of aromatic hydroxyl groups is 1. The molecule has 0 bridgehead atoms. The fraction of sp³-hybridized carbons (Fsp3) is 0.118. The Labute approximate surface area is 136 Å². The van der Waals surface area contributed by atoms with E-state index in [2.05, 4.69) is 0 Å². The molecular weight excluding hydrogens is 320 g/mol. The molecule has 0 spiro atoms. The lowest BCUT2D eigenvalue weighted by atomic mass is 10.1. The van der Waals surface area contributed by atoms with Gasteiger partial charge in [0, 0.05) is 5.56 Å². The average molecular weight is 333 g/mol. The maximum atomic E-state index is 12.4. The zero-order chi connectivity index (χ0) is 16.6. The Hall–Kier alpha value is -2.66. The van der Waals surface area contributed by atoms with Gasteiger partial charge in [-0.1, -0.05) is 23.7 Å². The largest absolute Gasteiger partial charge is 0.504 e. The molecule has 0 saturated carbocycles. The summed E-state index contributed by atoms with van der Waals surface area (Å²) >= 11 is 6.17. The molecule has 0 atom stereocenters. The van der Waals surface area contributed by atoms with Crippen molar-refractivity contribution in [1.82, 2.24) is 0 Å². The zero-order valence-corrected chi connectivity index (χ0v) is 13.2. The molecule has 0 radical (unpaired) electrons. The molecule has 2 aromatic carbocycles. The van der Waals surface area contributed by atoms with Crippen LogP contribution in [0.4, 0.5) is 0 Å². The van der Waals surface area contributed by atoms with Gasteiger partial charge in [-0.05, 0) is 24.3 Å². The highest BCUT2D eigenvalue weighted by atomic mass is 35.5. The quantitative estimate of drug-likeness (QED) is 0.789. The number of phenols is 1. The smallest absolute Gasteiger partial charge is 0.211 e. The van der Waals surface area contributed by atoms with Gasteiger partial charge in [0.25, 0.3) is 0 Å². The summed E-state index contributed by atoms with van der Waals surface area (Å²) in [5.41, 5.74) is 0.483. The maximum Gasteiger partial charge on any atom is 0.211 e. The molecule has 0 unspecified atom stereocenters. The zero-order valence-electron chi connectivity index (χ0n) is 12.4. The number of hydrogen-bond donors (Lipinski definition) is 1. The van der Waals surface area contributed by atoms with Gasteiger partial charge in [-0.3, -0.25) is 4.79 Å². The van der Waals surface area contributed by atoms with Crippen molar-refractivity contribution in [2.45, 2.75) is 0 Å². The third-order valence-electron chi connectivity index (χ3n) is 3.46. The average Bonchev–Trinajstić information content (AvgIpc) is 2.57. The molecule has 1 aromatic heterocycles.